The summed E-state index contributed by atoms with van der Waals surface area (Å²) in [5.74, 6) is -0.956. The van der Waals surface area contributed by atoms with Gasteiger partial charge < -0.3 is 9.84 Å². The zero-order valence-corrected chi connectivity index (χ0v) is 6.96. The van der Waals surface area contributed by atoms with Crippen LogP contribution in [0.2, 0.25) is 0 Å². The fourth-order valence-electron chi connectivity index (χ4n) is 0.695. The van der Waals surface area contributed by atoms with E-state index in [2.05, 4.69) is 11.7 Å². The molecule has 0 radical (unpaired) electrons. The Morgan fingerprint density at radius 2 is 2.27 bits per heavy atom. The van der Waals surface area contributed by atoms with Gasteiger partial charge in [0.05, 0.1) is 7.11 Å². The average Bonchev–Trinajstić information content (AvgIpc) is 1.97. The van der Waals surface area contributed by atoms with Crippen molar-refractivity contribution in [3.05, 3.63) is 11.8 Å². The Balaban J connectivity index is 3.81. The van der Waals surface area contributed by atoms with Crippen molar-refractivity contribution in [3.8, 4) is 0 Å². The number of carboxylic acids is 1. The molecule has 3 nitrogen and oxygen atoms in total. The minimum atomic E-state index is -0.997. The molecule has 0 aromatic carbocycles. The molecule has 11 heavy (non-hydrogen) atoms. The maximum Gasteiger partial charge on any atom is 0.370 e. The molecule has 0 aromatic rings. The lowest BCUT2D eigenvalue weighted by Crippen LogP contribution is -2.01. The van der Waals surface area contributed by atoms with E-state index in [0.717, 1.165) is 19.3 Å². The summed E-state index contributed by atoms with van der Waals surface area (Å²) in [6, 6.07) is 0. The lowest BCUT2D eigenvalue weighted by molar-refractivity contribution is -0.136. The highest BCUT2D eigenvalue weighted by molar-refractivity contribution is 5.84. The normalized spacial score (nSPS) is 11.3. The van der Waals surface area contributed by atoms with Crippen LogP contribution in [0.1, 0.15) is 26.2 Å². The van der Waals surface area contributed by atoms with Gasteiger partial charge >= 0.3 is 5.97 Å². The number of carbonyl (C=O) groups is 1. The molecule has 1 N–H and O–H groups in total. The topological polar surface area (TPSA) is 46.5 Å². The number of ether oxygens (including phenoxy) is 1. The highest BCUT2D eigenvalue weighted by Gasteiger charge is 2.04. The maximum atomic E-state index is 10.3. The van der Waals surface area contributed by atoms with E-state index in [-0.39, 0.29) is 5.76 Å². The Labute approximate surface area is 66.7 Å². The van der Waals surface area contributed by atoms with E-state index in [1.165, 1.54) is 7.11 Å². The molecule has 0 aliphatic heterocycles. The third-order valence-electron chi connectivity index (χ3n) is 1.32. The second-order valence-corrected chi connectivity index (χ2v) is 2.22. The van der Waals surface area contributed by atoms with Crippen molar-refractivity contribution in [3.63, 3.8) is 0 Å². The van der Waals surface area contributed by atoms with Crippen molar-refractivity contribution in [1.29, 1.82) is 0 Å². The Kier molecular flexibility index (Phi) is 5.25. The number of rotatable bonds is 5. The molecule has 0 aliphatic rings. The summed E-state index contributed by atoms with van der Waals surface area (Å²) < 4.78 is 4.62. The third-order valence-corrected chi connectivity index (χ3v) is 1.32. The lowest BCUT2D eigenvalue weighted by atomic mass is 10.2. The van der Waals surface area contributed by atoms with Crippen LogP contribution < -0.4 is 0 Å². The molecule has 0 rings (SSSR count). The highest BCUT2D eigenvalue weighted by Crippen LogP contribution is 2.01. The molecule has 0 saturated carbocycles. The SMILES string of the molecule is CCCC/C=C(/OC)C(=O)O. The monoisotopic (exact) mass is 158 g/mol. The first-order valence-corrected chi connectivity index (χ1v) is 3.69. The van der Waals surface area contributed by atoms with E-state index in [9.17, 15) is 4.79 Å². The molecule has 0 saturated heterocycles. The van der Waals surface area contributed by atoms with Crippen molar-refractivity contribution in [2.45, 2.75) is 26.2 Å². The summed E-state index contributed by atoms with van der Waals surface area (Å²) in [6.07, 6.45) is 4.44. The predicted molar refractivity (Wildman–Crippen MR) is 42.3 cm³/mol. The second kappa shape index (κ2) is 5.77. The van der Waals surface area contributed by atoms with E-state index in [4.69, 9.17) is 5.11 Å². The first kappa shape index (κ1) is 10.0. The van der Waals surface area contributed by atoms with Gasteiger partial charge in [-0.3, -0.25) is 0 Å². The summed E-state index contributed by atoms with van der Waals surface area (Å²) in [6.45, 7) is 2.06. The van der Waals surface area contributed by atoms with Crippen LogP contribution in [0, 0.1) is 0 Å². The van der Waals surface area contributed by atoms with Crippen LogP contribution in [-0.4, -0.2) is 18.2 Å². The van der Waals surface area contributed by atoms with Crippen LogP contribution in [0.15, 0.2) is 11.8 Å². The molecule has 0 fully saturated rings. The summed E-state index contributed by atoms with van der Waals surface area (Å²) in [5.41, 5.74) is 0. The van der Waals surface area contributed by atoms with Gasteiger partial charge in [-0.25, -0.2) is 4.79 Å². The highest BCUT2D eigenvalue weighted by atomic mass is 16.5. The quantitative estimate of drug-likeness (QED) is 0.377. The van der Waals surface area contributed by atoms with E-state index in [0.29, 0.717) is 0 Å². The molecular weight excluding hydrogens is 144 g/mol. The van der Waals surface area contributed by atoms with Gasteiger partial charge in [-0.05, 0) is 18.9 Å². The van der Waals surface area contributed by atoms with Crippen molar-refractivity contribution < 1.29 is 14.6 Å². The molecule has 3 heteroatoms. The molecule has 0 spiro atoms. The summed E-state index contributed by atoms with van der Waals surface area (Å²) in [4.78, 5) is 10.3. The minimum absolute atomic E-state index is 0.0402. The third kappa shape index (κ3) is 4.42. The standard InChI is InChI=1S/C8H14O3/c1-3-4-5-6-7(11-2)8(9)10/h6H,3-5H2,1-2H3,(H,9,10)/b7-6+. The van der Waals surface area contributed by atoms with Crippen molar-refractivity contribution in [2.75, 3.05) is 7.11 Å². The van der Waals surface area contributed by atoms with Crippen LogP contribution in [0.25, 0.3) is 0 Å². The largest absolute Gasteiger partial charge is 0.490 e. The molecule has 0 amide bonds. The van der Waals surface area contributed by atoms with E-state index >= 15 is 0 Å². The van der Waals surface area contributed by atoms with E-state index in [1.807, 2.05) is 0 Å². The number of unbranched alkanes of at least 4 members (excludes halogenated alkanes) is 2. The zero-order valence-electron chi connectivity index (χ0n) is 6.96. The Morgan fingerprint density at radius 1 is 1.64 bits per heavy atom. The van der Waals surface area contributed by atoms with Gasteiger partial charge in [0.15, 0.2) is 5.76 Å². The number of hydrogen-bond donors (Lipinski definition) is 1. The molecule has 64 valence electrons. The first-order valence-electron chi connectivity index (χ1n) is 3.69. The van der Waals surface area contributed by atoms with Gasteiger partial charge in [-0.2, -0.15) is 0 Å². The first-order chi connectivity index (χ1) is 5.22. The number of methoxy groups -OCH3 is 1. The summed E-state index contributed by atoms with van der Waals surface area (Å²) >= 11 is 0. The van der Waals surface area contributed by atoms with Crippen molar-refractivity contribution in [1.82, 2.24) is 0 Å². The fraction of sp³-hybridized carbons (Fsp3) is 0.625. The number of carboxylic acid groups (broad SMARTS) is 1. The smallest absolute Gasteiger partial charge is 0.370 e. The maximum absolute atomic E-state index is 10.3. The number of allylic oxidation sites excluding steroid dienone is 1. The van der Waals surface area contributed by atoms with Gasteiger partial charge in [0.25, 0.3) is 0 Å². The van der Waals surface area contributed by atoms with Crippen LogP contribution in [0.5, 0.6) is 0 Å². The molecule has 0 aliphatic carbocycles. The number of hydrogen-bond acceptors (Lipinski definition) is 2. The second-order valence-electron chi connectivity index (χ2n) is 2.22. The number of aliphatic carboxylic acids is 1. The van der Waals surface area contributed by atoms with Crippen LogP contribution in [0.4, 0.5) is 0 Å². The fourth-order valence-corrected chi connectivity index (χ4v) is 0.695. The van der Waals surface area contributed by atoms with Crippen LogP contribution >= 0.6 is 0 Å². The average molecular weight is 158 g/mol. The lowest BCUT2D eigenvalue weighted by Gasteiger charge is -1.98. The van der Waals surface area contributed by atoms with Crippen molar-refractivity contribution >= 4 is 5.97 Å². The Bertz CT molecular complexity index is 149. The zero-order chi connectivity index (χ0) is 8.69. The van der Waals surface area contributed by atoms with Crippen LogP contribution in [0.3, 0.4) is 0 Å². The Morgan fingerprint density at radius 3 is 2.64 bits per heavy atom. The minimum Gasteiger partial charge on any atom is -0.490 e. The molecule has 0 aromatic heterocycles. The van der Waals surface area contributed by atoms with Crippen LogP contribution in [-0.2, 0) is 9.53 Å². The molecule has 0 atom stereocenters. The van der Waals surface area contributed by atoms with E-state index in [1.54, 1.807) is 6.08 Å². The van der Waals surface area contributed by atoms with Gasteiger partial charge in [-0.15, -0.1) is 0 Å². The molecule has 0 unspecified atom stereocenters. The van der Waals surface area contributed by atoms with Gasteiger partial charge in [0.2, 0.25) is 0 Å². The summed E-state index contributed by atoms with van der Waals surface area (Å²) in [7, 11) is 1.37. The molecular formula is C8H14O3. The van der Waals surface area contributed by atoms with Crippen molar-refractivity contribution in [2.24, 2.45) is 0 Å². The van der Waals surface area contributed by atoms with Gasteiger partial charge in [0.1, 0.15) is 0 Å². The Hall–Kier alpha value is -0.990. The predicted octanol–water partition coefficient (Wildman–Crippen LogP) is 1.79. The molecule has 0 heterocycles. The van der Waals surface area contributed by atoms with Gasteiger partial charge in [-0.1, -0.05) is 13.3 Å². The molecule has 0 bridgehead atoms. The summed E-state index contributed by atoms with van der Waals surface area (Å²) in [5, 5.41) is 8.48. The van der Waals surface area contributed by atoms with E-state index < -0.39 is 5.97 Å². The van der Waals surface area contributed by atoms with Gasteiger partial charge in [0, 0.05) is 0 Å².